The molecule has 1 aromatic carbocycles. The second-order valence-corrected chi connectivity index (χ2v) is 5.73. The molecule has 1 aliphatic heterocycles. The van der Waals surface area contributed by atoms with Gasteiger partial charge >= 0.3 is 0 Å². The first-order chi connectivity index (χ1) is 9.61. The highest BCUT2D eigenvalue weighted by Gasteiger charge is 2.25. The van der Waals surface area contributed by atoms with E-state index in [1.165, 1.54) is 12.8 Å². The maximum Gasteiger partial charge on any atom is 0.162 e. The van der Waals surface area contributed by atoms with E-state index in [4.69, 9.17) is 4.74 Å². The molecule has 1 atom stereocenters. The predicted octanol–water partition coefficient (Wildman–Crippen LogP) is 2.32. The van der Waals surface area contributed by atoms with Crippen molar-refractivity contribution in [2.75, 3.05) is 33.8 Å². The van der Waals surface area contributed by atoms with Crippen LogP contribution in [0.25, 0.3) is 0 Å². The zero-order valence-electron chi connectivity index (χ0n) is 12.8. The highest BCUT2D eigenvalue weighted by molar-refractivity contribution is 5.45. The van der Waals surface area contributed by atoms with Crippen molar-refractivity contribution in [2.24, 2.45) is 0 Å². The van der Waals surface area contributed by atoms with Crippen LogP contribution in [0.4, 0.5) is 0 Å². The van der Waals surface area contributed by atoms with Gasteiger partial charge in [-0.3, -0.25) is 4.90 Å². The maximum atomic E-state index is 10.3. The van der Waals surface area contributed by atoms with Crippen LogP contribution in [-0.2, 0) is 6.54 Å². The van der Waals surface area contributed by atoms with Crippen molar-refractivity contribution in [1.29, 1.82) is 0 Å². The number of nitrogens with zero attached hydrogens (tertiary/aromatic N) is 2. The van der Waals surface area contributed by atoms with Crippen LogP contribution in [0.3, 0.4) is 0 Å². The lowest BCUT2D eigenvalue weighted by atomic mass is 10.1. The first-order valence-electron chi connectivity index (χ1n) is 7.44. The Morgan fingerprint density at radius 3 is 2.90 bits per heavy atom. The Morgan fingerprint density at radius 2 is 2.20 bits per heavy atom. The standard InChI is InChI=1S/C16H26N2O2/c1-4-20-15-9-5-7-13(16(15)19)11-18-10-6-8-14(18)12-17(2)3/h5,7,9,14,19H,4,6,8,10-12H2,1-3H3. The predicted molar refractivity (Wildman–Crippen MR) is 81.3 cm³/mol. The molecule has 1 aliphatic rings. The van der Waals surface area contributed by atoms with E-state index < -0.39 is 0 Å². The third-order valence-corrected chi connectivity index (χ3v) is 3.83. The average molecular weight is 278 g/mol. The summed E-state index contributed by atoms with van der Waals surface area (Å²) in [7, 11) is 4.23. The lowest BCUT2D eigenvalue weighted by Crippen LogP contribution is -2.37. The molecule has 1 heterocycles. The molecule has 0 saturated carbocycles. The molecular weight excluding hydrogens is 252 g/mol. The molecule has 20 heavy (non-hydrogen) atoms. The van der Waals surface area contributed by atoms with E-state index >= 15 is 0 Å². The third-order valence-electron chi connectivity index (χ3n) is 3.83. The summed E-state index contributed by atoms with van der Waals surface area (Å²) in [5, 5.41) is 10.3. The lowest BCUT2D eigenvalue weighted by molar-refractivity contribution is 0.198. The molecule has 4 nitrogen and oxygen atoms in total. The molecule has 0 bridgehead atoms. The number of rotatable bonds is 6. The van der Waals surface area contributed by atoms with Crippen molar-refractivity contribution in [3.05, 3.63) is 23.8 Å². The van der Waals surface area contributed by atoms with Crippen molar-refractivity contribution in [1.82, 2.24) is 9.80 Å². The summed E-state index contributed by atoms with van der Waals surface area (Å²) in [4.78, 5) is 4.70. The Bertz CT molecular complexity index is 434. The molecule has 1 saturated heterocycles. The summed E-state index contributed by atoms with van der Waals surface area (Å²) in [6.07, 6.45) is 2.48. The van der Waals surface area contributed by atoms with Gasteiger partial charge in [-0.05, 0) is 46.5 Å². The molecule has 1 aromatic rings. The minimum atomic E-state index is 0.296. The summed E-state index contributed by atoms with van der Waals surface area (Å²) < 4.78 is 5.46. The van der Waals surface area contributed by atoms with Gasteiger partial charge in [0.2, 0.25) is 0 Å². The average Bonchev–Trinajstić information content (AvgIpc) is 2.81. The van der Waals surface area contributed by atoms with Crippen LogP contribution in [0.5, 0.6) is 11.5 Å². The molecule has 0 spiro atoms. The van der Waals surface area contributed by atoms with Gasteiger partial charge in [0.15, 0.2) is 11.5 Å². The monoisotopic (exact) mass is 278 g/mol. The third kappa shape index (κ3) is 3.64. The summed E-state index contributed by atoms with van der Waals surface area (Å²) in [6, 6.07) is 6.35. The number of likely N-dealkylation sites (N-methyl/N-ethyl adjacent to an activating group) is 1. The Morgan fingerprint density at radius 1 is 1.40 bits per heavy atom. The van der Waals surface area contributed by atoms with Crippen LogP contribution in [-0.4, -0.2) is 54.7 Å². The first-order valence-corrected chi connectivity index (χ1v) is 7.44. The molecule has 4 heteroatoms. The Balaban J connectivity index is 2.07. The number of phenols is 1. The summed E-state index contributed by atoms with van der Waals surface area (Å²) in [5.74, 6) is 0.887. The first kappa shape index (κ1) is 15.1. The molecule has 112 valence electrons. The molecule has 0 aromatic heterocycles. The smallest absolute Gasteiger partial charge is 0.162 e. The van der Waals surface area contributed by atoms with E-state index in [1.807, 2.05) is 25.1 Å². The van der Waals surface area contributed by atoms with Crippen molar-refractivity contribution in [2.45, 2.75) is 32.4 Å². The highest BCUT2D eigenvalue weighted by atomic mass is 16.5. The van der Waals surface area contributed by atoms with Crippen molar-refractivity contribution < 1.29 is 9.84 Å². The SMILES string of the molecule is CCOc1cccc(CN2CCCC2CN(C)C)c1O. The van der Waals surface area contributed by atoms with Gasteiger partial charge in [0.25, 0.3) is 0 Å². The zero-order chi connectivity index (χ0) is 14.5. The molecular formula is C16H26N2O2. The molecule has 0 aliphatic carbocycles. The van der Waals surface area contributed by atoms with Crippen molar-refractivity contribution in [3.63, 3.8) is 0 Å². The molecule has 0 amide bonds. The number of likely N-dealkylation sites (tertiary alicyclic amines) is 1. The minimum Gasteiger partial charge on any atom is -0.504 e. The van der Waals surface area contributed by atoms with Crippen LogP contribution >= 0.6 is 0 Å². The van der Waals surface area contributed by atoms with Gasteiger partial charge in [-0.2, -0.15) is 0 Å². The van der Waals surface area contributed by atoms with E-state index in [1.54, 1.807) is 0 Å². The van der Waals surface area contributed by atoms with Gasteiger partial charge in [0, 0.05) is 24.7 Å². The number of hydrogen-bond acceptors (Lipinski definition) is 4. The Kier molecular flexibility index (Phi) is 5.26. The van der Waals surface area contributed by atoms with E-state index in [2.05, 4.69) is 23.9 Å². The summed E-state index contributed by atoms with van der Waals surface area (Å²) in [6.45, 7) is 5.48. The Hall–Kier alpha value is -1.26. The fraction of sp³-hybridized carbons (Fsp3) is 0.625. The molecule has 0 radical (unpaired) electrons. The second-order valence-electron chi connectivity index (χ2n) is 5.73. The van der Waals surface area contributed by atoms with Crippen LogP contribution in [0.1, 0.15) is 25.3 Å². The van der Waals surface area contributed by atoms with Crippen LogP contribution in [0.2, 0.25) is 0 Å². The molecule has 1 fully saturated rings. The highest BCUT2D eigenvalue weighted by Crippen LogP contribution is 2.32. The minimum absolute atomic E-state index is 0.296. The summed E-state index contributed by atoms with van der Waals surface area (Å²) >= 11 is 0. The molecule has 1 N–H and O–H groups in total. The van der Waals surface area contributed by atoms with Gasteiger partial charge in [0.05, 0.1) is 6.61 Å². The van der Waals surface area contributed by atoms with Gasteiger partial charge < -0.3 is 14.7 Å². The number of para-hydroxylation sites is 1. The number of phenolic OH excluding ortho intramolecular Hbond substituents is 1. The fourth-order valence-corrected chi connectivity index (χ4v) is 2.92. The number of hydrogen-bond donors (Lipinski definition) is 1. The second kappa shape index (κ2) is 6.95. The van der Waals surface area contributed by atoms with Gasteiger partial charge in [-0.15, -0.1) is 0 Å². The quantitative estimate of drug-likeness (QED) is 0.866. The summed E-state index contributed by atoms with van der Waals surface area (Å²) in [5.41, 5.74) is 0.960. The largest absolute Gasteiger partial charge is 0.504 e. The number of ether oxygens (including phenoxy) is 1. The zero-order valence-corrected chi connectivity index (χ0v) is 12.8. The molecule has 1 unspecified atom stereocenters. The van der Waals surface area contributed by atoms with Crippen LogP contribution < -0.4 is 4.74 Å². The van der Waals surface area contributed by atoms with Gasteiger partial charge in [-0.25, -0.2) is 0 Å². The normalized spacial score (nSPS) is 19.7. The number of benzene rings is 1. The maximum absolute atomic E-state index is 10.3. The van der Waals surface area contributed by atoms with Crippen LogP contribution in [0.15, 0.2) is 18.2 Å². The Labute approximate surface area is 122 Å². The van der Waals surface area contributed by atoms with Gasteiger partial charge in [0.1, 0.15) is 0 Å². The van der Waals surface area contributed by atoms with Crippen LogP contribution in [0, 0.1) is 0 Å². The van der Waals surface area contributed by atoms with E-state index in [-0.39, 0.29) is 0 Å². The van der Waals surface area contributed by atoms with E-state index in [0.717, 1.165) is 25.2 Å². The van der Waals surface area contributed by atoms with Gasteiger partial charge in [-0.1, -0.05) is 12.1 Å². The topological polar surface area (TPSA) is 35.9 Å². The van der Waals surface area contributed by atoms with E-state index in [9.17, 15) is 5.11 Å². The van der Waals surface area contributed by atoms with E-state index in [0.29, 0.717) is 24.1 Å². The van der Waals surface area contributed by atoms with Crippen molar-refractivity contribution >= 4 is 0 Å². The fourth-order valence-electron chi connectivity index (χ4n) is 2.92. The number of aromatic hydroxyl groups is 1. The molecule has 2 rings (SSSR count). The van der Waals surface area contributed by atoms with Crippen molar-refractivity contribution in [3.8, 4) is 11.5 Å². The lowest BCUT2D eigenvalue weighted by Gasteiger charge is -2.27.